The number of carbonyl (C=O) groups excluding carboxylic acids is 1. The molecule has 7 heteroatoms. The van der Waals surface area contributed by atoms with Gasteiger partial charge in [0, 0.05) is 19.8 Å². The Balaban J connectivity index is 1.65. The van der Waals surface area contributed by atoms with Crippen molar-refractivity contribution in [3.8, 4) is 17.1 Å². The average Bonchev–Trinajstić information content (AvgIpc) is 3.16. The minimum Gasteiger partial charge on any atom is -0.493 e. The lowest BCUT2D eigenvalue weighted by molar-refractivity contribution is 0.0430. The van der Waals surface area contributed by atoms with Gasteiger partial charge >= 0.3 is 5.97 Å². The molecule has 0 fully saturated rings. The Morgan fingerprint density at radius 1 is 1.11 bits per heavy atom. The van der Waals surface area contributed by atoms with Crippen LogP contribution in [0.5, 0.6) is 5.75 Å². The van der Waals surface area contributed by atoms with Crippen LogP contribution >= 0.6 is 0 Å². The maximum Gasteiger partial charge on any atom is 0.338 e. The number of nitrogens with zero attached hydrogens (tertiary/aromatic N) is 3. The SMILES string of the molecule is CCOc1ccccc1-c1noc(COC(=O)c2ccc(N(C)C)cc2)n1. The fourth-order valence-electron chi connectivity index (χ4n) is 2.46. The summed E-state index contributed by atoms with van der Waals surface area (Å²) in [5.41, 5.74) is 2.18. The van der Waals surface area contributed by atoms with Gasteiger partial charge in [0.15, 0.2) is 6.61 Å². The lowest BCUT2D eigenvalue weighted by Gasteiger charge is -2.12. The first-order valence-corrected chi connectivity index (χ1v) is 8.57. The van der Waals surface area contributed by atoms with Gasteiger partial charge < -0.3 is 18.9 Å². The summed E-state index contributed by atoms with van der Waals surface area (Å²) in [6.07, 6.45) is 0. The van der Waals surface area contributed by atoms with Crippen LogP contribution in [0, 0.1) is 0 Å². The van der Waals surface area contributed by atoms with Crippen LogP contribution in [0.3, 0.4) is 0 Å². The normalized spacial score (nSPS) is 10.5. The molecule has 0 atom stereocenters. The Kier molecular flexibility index (Phi) is 5.71. The van der Waals surface area contributed by atoms with Crippen molar-refractivity contribution in [3.05, 3.63) is 60.0 Å². The summed E-state index contributed by atoms with van der Waals surface area (Å²) in [4.78, 5) is 18.4. The van der Waals surface area contributed by atoms with E-state index in [1.54, 1.807) is 12.1 Å². The number of benzene rings is 2. The standard InChI is InChI=1S/C20H21N3O4/c1-4-25-17-8-6-5-7-16(17)19-21-18(27-22-19)13-26-20(24)14-9-11-15(12-10-14)23(2)3/h5-12H,4,13H2,1-3H3. The third kappa shape index (κ3) is 4.44. The molecule has 0 saturated heterocycles. The van der Waals surface area contributed by atoms with Crippen LogP contribution < -0.4 is 9.64 Å². The van der Waals surface area contributed by atoms with Gasteiger partial charge in [-0.15, -0.1) is 0 Å². The highest BCUT2D eigenvalue weighted by molar-refractivity contribution is 5.89. The quantitative estimate of drug-likeness (QED) is 0.591. The first-order valence-electron chi connectivity index (χ1n) is 8.57. The summed E-state index contributed by atoms with van der Waals surface area (Å²) in [6, 6.07) is 14.6. The van der Waals surface area contributed by atoms with Crippen LogP contribution in [0.2, 0.25) is 0 Å². The number of hydrogen-bond donors (Lipinski definition) is 0. The molecule has 27 heavy (non-hydrogen) atoms. The molecule has 0 saturated carbocycles. The monoisotopic (exact) mass is 367 g/mol. The minimum absolute atomic E-state index is 0.0991. The van der Waals surface area contributed by atoms with Gasteiger partial charge in [0.2, 0.25) is 5.82 Å². The molecule has 3 aromatic rings. The third-order valence-corrected chi connectivity index (χ3v) is 3.84. The zero-order valence-corrected chi connectivity index (χ0v) is 15.5. The van der Waals surface area contributed by atoms with Crippen molar-refractivity contribution in [2.45, 2.75) is 13.5 Å². The molecule has 0 aliphatic carbocycles. The molecule has 2 aromatic carbocycles. The summed E-state index contributed by atoms with van der Waals surface area (Å²) < 4.78 is 16.0. The van der Waals surface area contributed by atoms with Crippen molar-refractivity contribution in [1.82, 2.24) is 10.1 Å². The molecular weight excluding hydrogens is 346 g/mol. The maximum atomic E-state index is 12.2. The molecule has 0 N–H and O–H groups in total. The zero-order valence-electron chi connectivity index (χ0n) is 15.5. The van der Waals surface area contributed by atoms with Crippen molar-refractivity contribution < 1.29 is 18.8 Å². The number of aromatic nitrogens is 2. The van der Waals surface area contributed by atoms with E-state index in [9.17, 15) is 4.79 Å². The summed E-state index contributed by atoms with van der Waals surface area (Å²) in [5, 5.41) is 3.95. The number of ether oxygens (including phenoxy) is 2. The fourth-order valence-corrected chi connectivity index (χ4v) is 2.46. The lowest BCUT2D eigenvalue weighted by atomic mass is 10.2. The number of carbonyl (C=O) groups is 1. The van der Waals surface area contributed by atoms with Crippen LogP contribution in [0.1, 0.15) is 23.2 Å². The number of esters is 1. The molecule has 0 bridgehead atoms. The van der Waals surface area contributed by atoms with Gasteiger partial charge in [0.1, 0.15) is 5.75 Å². The Morgan fingerprint density at radius 2 is 1.85 bits per heavy atom. The fraction of sp³-hybridized carbons (Fsp3) is 0.250. The first kappa shape index (κ1) is 18.4. The van der Waals surface area contributed by atoms with E-state index in [4.69, 9.17) is 14.0 Å². The lowest BCUT2D eigenvalue weighted by Crippen LogP contribution is -2.09. The van der Waals surface area contributed by atoms with Gasteiger partial charge in [-0.1, -0.05) is 17.3 Å². The molecule has 0 radical (unpaired) electrons. The van der Waals surface area contributed by atoms with E-state index in [0.29, 0.717) is 23.7 Å². The molecule has 1 heterocycles. The second-order valence-electron chi connectivity index (χ2n) is 5.96. The predicted molar refractivity (Wildman–Crippen MR) is 101 cm³/mol. The van der Waals surface area contributed by atoms with Crippen molar-refractivity contribution in [2.24, 2.45) is 0 Å². The second kappa shape index (κ2) is 8.35. The Bertz CT molecular complexity index is 904. The first-order chi connectivity index (χ1) is 13.1. The Hall–Kier alpha value is -3.35. The van der Waals surface area contributed by atoms with E-state index < -0.39 is 5.97 Å². The molecule has 1 aromatic heterocycles. The highest BCUT2D eigenvalue weighted by Crippen LogP contribution is 2.27. The van der Waals surface area contributed by atoms with Crippen LogP contribution in [0.15, 0.2) is 53.1 Å². The third-order valence-electron chi connectivity index (χ3n) is 3.84. The number of para-hydroxylation sites is 1. The van der Waals surface area contributed by atoms with Gasteiger partial charge in [-0.25, -0.2) is 4.79 Å². The molecule has 3 rings (SSSR count). The van der Waals surface area contributed by atoms with Gasteiger partial charge in [-0.2, -0.15) is 4.98 Å². The number of anilines is 1. The molecular formula is C20H21N3O4. The summed E-state index contributed by atoms with van der Waals surface area (Å²) in [6.45, 7) is 2.34. The van der Waals surface area contributed by atoms with Gasteiger partial charge in [0.25, 0.3) is 5.89 Å². The zero-order chi connectivity index (χ0) is 19.2. The highest BCUT2D eigenvalue weighted by atomic mass is 16.6. The van der Waals surface area contributed by atoms with Gasteiger partial charge in [-0.05, 0) is 43.3 Å². The minimum atomic E-state index is -0.449. The predicted octanol–water partition coefficient (Wildman–Crippen LogP) is 3.56. The molecule has 0 amide bonds. The van der Waals surface area contributed by atoms with E-state index in [0.717, 1.165) is 11.3 Å². The topological polar surface area (TPSA) is 77.7 Å². The van der Waals surface area contributed by atoms with E-state index >= 15 is 0 Å². The largest absolute Gasteiger partial charge is 0.493 e. The van der Waals surface area contributed by atoms with Gasteiger partial charge in [0.05, 0.1) is 17.7 Å². The van der Waals surface area contributed by atoms with Crippen LogP contribution in [0.4, 0.5) is 5.69 Å². The number of hydrogen-bond acceptors (Lipinski definition) is 7. The summed E-state index contributed by atoms with van der Waals surface area (Å²) in [7, 11) is 3.87. The van der Waals surface area contributed by atoms with Crippen LogP contribution in [-0.2, 0) is 11.3 Å². The van der Waals surface area contributed by atoms with Gasteiger partial charge in [-0.3, -0.25) is 0 Å². The van der Waals surface area contributed by atoms with Crippen molar-refractivity contribution in [1.29, 1.82) is 0 Å². The van der Waals surface area contributed by atoms with Crippen molar-refractivity contribution in [2.75, 3.05) is 25.6 Å². The van der Waals surface area contributed by atoms with E-state index in [2.05, 4.69) is 10.1 Å². The molecule has 0 spiro atoms. The van der Waals surface area contributed by atoms with Crippen LogP contribution in [-0.4, -0.2) is 36.8 Å². The number of rotatable bonds is 7. The summed E-state index contributed by atoms with van der Waals surface area (Å²) in [5.74, 6) is 0.829. The molecule has 0 aliphatic heterocycles. The smallest absolute Gasteiger partial charge is 0.338 e. The van der Waals surface area contributed by atoms with E-state index in [-0.39, 0.29) is 12.5 Å². The van der Waals surface area contributed by atoms with E-state index in [1.165, 1.54) is 0 Å². The molecule has 0 unspecified atom stereocenters. The average molecular weight is 367 g/mol. The molecule has 7 nitrogen and oxygen atoms in total. The Morgan fingerprint density at radius 3 is 2.56 bits per heavy atom. The van der Waals surface area contributed by atoms with E-state index in [1.807, 2.05) is 62.3 Å². The highest BCUT2D eigenvalue weighted by Gasteiger charge is 2.15. The van der Waals surface area contributed by atoms with Crippen LogP contribution in [0.25, 0.3) is 11.4 Å². The second-order valence-corrected chi connectivity index (χ2v) is 5.96. The van der Waals surface area contributed by atoms with Crippen molar-refractivity contribution >= 4 is 11.7 Å². The molecule has 140 valence electrons. The molecule has 0 aliphatic rings. The summed E-state index contributed by atoms with van der Waals surface area (Å²) >= 11 is 0. The maximum absolute atomic E-state index is 12.2. The Labute approximate surface area is 157 Å². The van der Waals surface area contributed by atoms with Crippen molar-refractivity contribution in [3.63, 3.8) is 0 Å².